The summed E-state index contributed by atoms with van der Waals surface area (Å²) in [6.45, 7) is 6.32. The van der Waals surface area contributed by atoms with E-state index in [-0.39, 0.29) is 0 Å². The zero-order valence-corrected chi connectivity index (χ0v) is 14.4. The van der Waals surface area contributed by atoms with Crippen molar-refractivity contribution in [1.29, 1.82) is 0 Å². The van der Waals surface area contributed by atoms with Crippen LogP contribution in [0, 0.1) is 13.8 Å². The number of aryl methyl sites for hydroxylation is 2. The third kappa shape index (κ3) is 2.82. The van der Waals surface area contributed by atoms with E-state index in [1.807, 2.05) is 6.92 Å². The van der Waals surface area contributed by atoms with Gasteiger partial charge in [0.2, 0.25) is 0 Å². The first-order valence-corrected chi connectivity index (χ1v) is 8.82. The molecule has 1 aromatic carbocycles. The lowest BCUT2D eigenvalue weighted by Gasteiger charge is -2.22. The number of hydrogen-bond acceptors (Lipinski definition) is 3. The van der Waals surface area contributed by atoms with Crippen LogP contribution in [0.15, 0.2) is 30.3 Å². The van der Waals surface area contributed by atoms with Gasteiger partial charge in [0.25, 0.3) is 0 Å². The minimum atomic E-state index is 0.526. The average molecular weight is 320 g/mol. The van der Waals surface area contributed by atoms with Crippen LogP contribution in [0.4, 0.5) is 0 Å². The number of aromatic amines is 1. The van der Waals surface area contributed by atoms with Gasteiger partial charge < -0.3 is 10.3 Å². The molecule has 4 nitrogen and oxygen atoms in total. The van der Waals surface area contributed by atoms with Gasteiger partial charge in [-0.25, -0.2) is 9.97 Å². The predicted octanol–water partition coefficient (Wildman–Crippen LogP) is 3.63. The van der Waals surface area contributed by atoms with Gasteiger partial charge in [0.15, 0.2) is 0 Å². The summed E-state index contributed by atoms with van der Waals surface area (Å²) in [5, 5.41) is 3.44. The maximum Gasteiger partial charge on any atom is 0.126 e. The average Bonchev–Trinajstić information content (AvgIpc) is 2.92. The number of benzene rings is 1. The minimum absolute atomic E-state index is 0.526. The van der Waals surface area contributed by atoms with Crippen LogP contribution in [-0.4, -0.2) is 28.0 Å². The molecule has 0 saturated carbocycles. The van der Waals surface area contributed by atoms with Gasteiger partial charge in [-0.1, -0.05) is 30.3 Å². The van der Waals surface area contributed by atoms with Crippen LogP contribution in [0.5, 0.6) is 0 Å². The lowest BCUT2D eigenvalue weighted by atomic mass is 9.93. The lowest BCUT2D eigenvalue weighted by molar-refractivity contribution is 0.454. The predicted molar refractivity (Wildman–Crippen MR) is 97.5 cm³/mol. The highest BCUT2D eigenvalue weighted by Gasteiger charge is 2.23. The number of rotatable bonds is 3. The van der Waals surface area contributed by atoms with E-state index in [9.17, 15) is 0 Å². The molecule has 0 amide bonds. The van der Waals surface area contributed by atoms with E-state index >= 15 is 0 Å². The van der Waals surface area contributed by atoms with Gasteiger partial charge >= 0.3 is 0 Å². The highest BCUT2D eigenvalue weighted by Crippen LogP contribution is 2.32. The molecule has 0 bridgehead atoms. The highest BCUT2D eigenvalue weighted by atomic mass is 14.9. The number of piperidine rings is 1. The first kappa shape index (κ1) is 15.3. The molecule has 24 heavy (non-hydrogen) atoms. The summed E-state index contributed by atoms with van der Waals surface area (Å²) >= 11 is 0. The molecule has 0 aliphatic carbocycles. The monoisotopic (exact) mass is 320 g/mol. The molecule has 4 heteroatoms. The molecule has 0 radical (unpaired) electrons. The third-order valence-electron chi connectivity index (χ3n) is 5.05. The quantitative estimate of drug-likeness (QED) is 0.775. The van der Waals surface area contributed by atoms with E-state index in [0.29, 0.717) is 5.92 Å². The largest absolute Gasteiger partial charge is 0.356 e. The molecule has 4 rings (SSSR count). The van der Waals surface area contributed by atoms with Gasteiger partial charge in [0.1, 0.15) is 5.82 Å². The Morgan fingerprint density at radius 2 is 1.79 bits per heavy atom. The molecule has 1 fully saturated rings. The van der Waals surface area contributed by atoms with E-state index in [1.165, 1.54) is 22.5 Å². The normalized spacial score (nSPS) is 15.9. The molecule has 2 aromatic heterocycles. The van der Waals surface area contributed by atoms with Crippen molar-refractivity contribution in [3.05, 3.63) is 58.7 Å². The van der Waals surface area contributed by atoms with E-state index in [0.717, 1.165) is 49.2 Å². The van der Waals surface area contributed by atoms with Crippen LogP contribution >= 0.6 is 0 Å². The summed E-state index contributed by atoms with van der Waals surface area (Å²) < 4.78 is 0. The molecule has 0 unspecified atom stereocenters. The summed E-state index contributed by atoms with van der Waals surface area (Å²) in [5.41, 5.74) is 7.30. The Bertz CT molecular complexity index is 845. The van der Waals surface area contributed by atoms with Crippen LogP contribution in [-0.2, 0) is 6.42 Å². The van der Waals surface area contributed by atoms with E-state index in [4.69, 9.17) is 9.97 Å². The number of aromatic nitrogens is 3. The molecule has 124 valence electrons. The molecule has 2 N–H and O–H groups in total. The number of fused-ring (bicyclic) bond motifs is 1. The first-order valence-electron chi connectivity index (χ1n) is 8.82. The number of hydrogen-bond donors (Lipinski definition) is 2. The Balaban J connectivity index is 1.81. The SMILES string of the molecule is Cc1nc(C2CCNCC2)c2[nH]c(C)c(Cc3ccccc3)c2n1. The lowest BCUT2D eigenvalue weighted by Crippen LogP contribution is -2.27. The van der Waals surface area contributed by atoms with Crippen LogP contribution in [0.1, 0.15) is 47.1 Å². The molecule has 0 atom stereocenters. The molecule has 1 aliphatic rings. The zero-order chi connectivity index (χ0) is 16.5. The van der Waals surface area contributed by atoms with Crippen molar-refractivity contribution >= 4 is 11.0 Å². The second-order valence-corrected chi connectivity index (χ2v) is 6.79. The summed E-state index contributed by atoms with van der Waals surface area (Å²) in [4.78, 5) is 13.2. The van der Waals surface area contributed by atoms with Gasteiger partial charge in [-0.15, -0.1) is 0 Å². The highest BCUT2D eigenvalue weighted by molar-refractivity contribution is 5.83. The van der Waals surface area contributed by atoms with Gasteiger partial charge in [-0.05, 0) is 45.3 Å². The maximum absolute atomic E-state index is 4.82. The minimum Gasteiger partial charge on any atom is -0.356 e. The smallest absolute Gasteiger partial charge is 0.126 e. The van der Waals surface area contributed by atoms with Gasteiger partial charge in [-0.3, -0.25) is 0 Å². The number of nitrogens with zero attached hydrogens (tertiary/aromatic N) is 2. The van der Waals surface area contributed by atoms with Crippen LogP contribution in [0.2, 0.25) is 0 Å². The molecule has 1 saturated heterocycles. The van der Waals surface area contributed by atoms with E-state index in [2.05, 4.69) is 47.6 Å². The van der Waals surface area contributed by atoms with Crippen molar-refractivity contribution in [2.45, 2.75) is 39.0 Å². The van der Waals surface area contributed by atoms with Gasteiger partial charge in [0.05, 0.1) is 16.7 Å². The number of H-pyrrole nitrogens is 1. The van der Waals surface area contributed by atoms with Crippen molar-refractivity contribution in [2.75, 3.05) is 13.1 Å². The maximum atomic E-state index is 4.82. The fourth-order valence-electron chi connectivity index (χ4n) is 3.78. The number of nitrogens with one attached hydrogen (secondary N) is 2. The fourth-order valence-corrected chi connectivity index (χ4v) is 3.78. The molecular weight excluding hydrogens is 296 g/mol. The summed E-state index contributed by atoms with van der Waals surface area (Å²) in [6.07, 6.45) is 3.21. The molecular formula is C20H24N4. The fraction of sp³-hybridized carbons (Fsp3) is 0.400. The summed E-state index contributed by atoms with van der Waals surface area (Å²) in [6, 6.07) is 10.6. The van der Waals surface area contributed by atoms with Gasteiger partial charge in [-0.2, -0.15) is 0 Å². The molecule has 0 spiro atoms. The van der Waals surface area contributed by atoms with Crippen LogP contribution in [0.3, 0.4) is 0 Å². The van der Waals surface area contributed by atoms with Crippen LogP contribution < -0.4 is 5.32 Å². The van der Waals surface area contributed by atoms with E-state index in [1.54, 1.807) is 0 Å². The van der Waals surface area contributed by atoms with Crippen molar-refractivity contribution in [3.63, 3.8) is 0 Å². The standard InChI is InChI=1S/C20H24N4/c1-13-17(12-15-6-4-3-5-7-15)19-20(22-13)18(23-14(2)24-19)16-8-10-21-11-9-16/h3-7,16,21-22H,8-12H2,1-2H3. The Hall–Kier alpha value is -2.20. The Morgan fingerprint density at radius 3 is 2.54 bits per heavy atom. The van der Waals surface area contributed by atoms with Crippen molar-refractivity contribution in [2.24, 2.45) is 0 Å². The van der Waals surface area contributed by atoms with Gasteiger partial charge in [0, 0.05) is 23.6 Å². The summed E-state index contributed by atoms with van der Waals surface area (Å²) in [7, 11) is 0. The molecule has 1 aliphatic heterocycles. The second kappa shape index (κ2) is 6.36. The van der Waals surface area contributed by atoms with Crippen molar-refractivity contribution < 1.29 is 0 Å². The van der Waals surface area contributed by atoms with E-state index < -0.39 is 0 Å². The zero-order valence-electron chi connectivity index (χ0n) is 14.4. The first-order chi connectivity index (χ1) is 11.7. The Kier molecular flexibility index (Phi) is 4.07. The Labute approximate surface area is 142 Å². The molecule has 3 heterocycles. The van der Waals surface area contributed by atoms with Crippen molar-refractivity contribution in [3.8, 4) is 0 Å². The topological polar surface area (TPSA) is 53.6 Å². The third-order valence-corrected chi connectivity index (χ3v) is 5.05. The van der Waals surface area contributed by atoms with Crippen LogP contribution in [0.25, 0.3) is 11.0 Å². The summed E-state index contributed by atoms with van der Waals surface area (Å²) in [5.74, 6) is 1.41. The molecule has 3 aromatic rings. The second-order valence-electron chi connectivity index (χ2n) is 6.79. The van der Waals surface area contributed by atoms with Crippen molar-refractivity contribution in [1.82, 2.24) is 20.3 Å². The Morgan fingerprint density at radius 1 is 1.04 bits per heavy atom.